The van der Waals surface area contributed by atoms with Gasteiger partial charge in [0.25, 0.3) is 0 Å². The molecule has 0 atom stereocenters. The standard InChI is InChI=1S/C21H23ClN2O3S/c1-14-16(22)7-5-8-17(14)23-21-24(12-13-28-21)19(25)11-10-15-6-4-9-18(26-2)20(15)27-3/h4-9H,10-13H2,1-3H3. The fraction of sp³-hybridized carbons (Fsp3) is 0.333. The van der Waals surface area contributed by atoms with Crippen molar-refractivity contribution in [2.45, 2.75) is 19.8 Å². The second-order valence-electron chi connectivity index (χ2n) is 6.32. The lowest BCUT2D eigenvalue weighted by Gasteiger charge is -2.17. The molecule has 3 rings (SSSR count). The van der Waals surface area contributed by atoms with E-state index < -0.39 is 0 Å². The Balaban J connectivity index is 1.74. The Morgan fingerprint density at radius 3 is 2.75 bits per heavy atom. The number of amidine groups is 1. The number of para-hydroxylation sites is 1. The number of benzene rings is 2. The lowest BCUT2D eigenvalue weighted by molar-refractivity contribution is -0.126. The number of aryl methyl sites for hydroxylation is 1. The van der Waals surface area contributed by atoms with E-state index in [0.717, 1.165) is 27.7 Å². The topological polar surface area (TPSA) is 51.1 Å². The van der Waals surface area contributed by atoms with Crippen molar-refractivity contribution in [3.8, 4) is 11.5 Å². The van der Waals surface area contributed by atoms with Crippen molar-refractivity contribution in [1.29, 1.82) is 0 Å². The van der Waals surface area contributed by atoms with Crippen molar-refractivity contribution in [2.75, 3.05) is 26.5 Å². The Hall–Kier alpha value is -2.18. The monoisotopic (exact) mass is 418 g/mol. The minimum atomic E-state index is 0.0494. The van der Waals surface area contributed by atoms with E-state index in [9.17, 15) is 4.79 Å². The third-order valence-electron chi connectivity index (χ3n) is 4.63. The molecule has 0 saturated carbocycles. The molecule has 1 fully saturated rings. The first kappa shape index (κ1) is 20.6. The lowest BCUT2D eigenvalue weighted by Crippen LogP contribution is -2.31. The molecule has 0 N–H and O–H groups in total. The highest BCUT2D eigenvalue weighted by Gasteiger charge is 2.26. The third-order valence-corrected chi connectivity index (χ3v) is 5.99. The minimum Gasteiger partial charge on any atom is -0.493 e. The Kier molecular flexibility index (Phi) is 6.86. The van der Waals surface area contributed by atoms with Gasteiger partial charge in [0.15, 0.2) is 16.7 Å². The Bertz CT molecular complexity index is 901. The summed E-state index contributed by atoms with van der Waals surface area (Å²) in [6.07, 6.45) is 0.946. The number of halogens is 1. The van der Waals surface area contributed by atoms with Gasteiger partial charge in [0.05, 0.1) is 19.9 Å². The van der Waals surface area contributed by atoms with Crippen molar-refractivity contribution in [3.05, 3.63) is 52.5 Å². The van der Waals surface area contributed by atoms with Gasteiger partial charge in [0.1, 0.15) is 0 Å². The Morgan fingerprint density at radius 2 is 2.00 bits per heavy atom. The van der Waals surface area contributed by atoms with Crippen LogP contribution in [0.5, 0.6) is 11.5 Å². The molecule has 1 saturated heterocycles. The molecule has 0 bridgehead atoms. The molecule has 1 aliphatic rings. The van der Waals surface area contributed by atoms with Crippen LogP contribution in [0.1, 0.15) is 17.5 Å². The summed E-state index contributed by atoms with van der Waals surface area (Å²) in [7, 11) is 3.22. The van der Waals surface area contributed by atoms with Crippen molar-refractivity contribution < 1.29 is 14.3 Å². The summed E-state index contributed by atoms with van der Waals surface area (Å²) in [5, 5.41) is 1.40. The van der Waals surface area contributed by atoms with Crippen LogP contribution in [0.2, 0.25) is 5.02 Å². The van der Waals surface area contributed by atoms with Gasteiger partial charge in [-0.1, -0.05) is 41.6 Å². The number of amides is 1. The smallest absolute Gasteiger partial charge is 0.228 e. The predicted octanol–water partition coefficient (Wildman–Crippen LogP) is 4.86. The van der Waals surface area contributed by atoms with Gasteiger partial charge in [-0.2, -0.15) is 0 Å². The summed E-state index contributed by atoms with van der Waals surface area (Å²) >= 11 is 7.78. The van der Waals surface area contributed by atoms with Gasteiger partial charge in [-0.05, 0) is 42.7 Å². The number of thioether (sulfide) groups is 1. The SMILES string of the molecule is COc1cccc(CCC(=O)N2CCSC2=Nc2cccc(Cl)c2C)c1OC. The van der Waals surface area contributed by atoms with Gasteiger partial charge >= 0.3 is 0 Å². The second kappa shape index (κ2) is 9.34. The largest absolute Gasteiger partial charge is 0.493 e. The number of nitrogens with zero attached hydrogens (tertiary/aromatic N) is 2. The van der Waals surface area contributed by atoms with E-state index in [1.807, 2.05) is 43.3 Å². The molecule has 7 heteroatoms. The molecule has 148 valence electrons. The summed E-state index contributed by atoms with van der Waals surface area (Å²) in [5.41, 5.74) is 2.66. The maximum Gasteiger partial charge on any atom is 0.228 e. The summed E-state index contributed by atoms with van der Waals surface area (Å²) in [5.74, 6) is 2.24. The molecule has 28 heavy (non-hydrogen) atoms. The number of aliphatic imine (C=N–C) groups is 1. The van der Waals surface area contributed by atoms with Crippen LogP contribution >= 0.6 is 23.4 Å². The predicted molar refractivity (Wildman–Crippen MR) is 115 cm³/mol. The van der Waals surface area contributed by atoms with Gasteiger partial charge in [-0.15, -0.1) is 0 Å². The van der Waals surface area contributed by atoms with Gasteiger partial charge in [-0.25, -0.2) is 4.99 Å². The van der Waals surface area contributed by atoms with Crippen LogP contribution in [-0.2, 0) is 11.2 Å². The van der Waals surface area contributed by atoms with Crippen LogP contribution in [0.3, 0.4) is 0 Å². The quantitative estimate of drug-likeness (QED) is 0.672. The highest BCUT2D eigenvalue weighted by molar-refractivity contribution is 8.14. The van der Waals surface area contributed by atoms with Crippen LogP contribution < -0.4 is 9.47 Å². The third kappa shape index (κ3) is 4.45. The number of hydrogen-bond acceptors (Lipinski definition) is 5. The first-order valence-corrected chi connectivity index (χ1v) is 10.4. The molecule has 1 heterocycles. The molecule has 0 unspecified atom stereocenters. The molecule has 2 aromatic carbocycles. The summed E-state index contributed by atoms with van der Waals surface area (Å²) in [6, 6.07) is 11.3. The zero-order chi connectivity index (χ0) is 20.1. The summed E-state index contributed by atoms with van der Waals surface area (Å²) < 4.78 is 10.8. The van der Waals surface area contributed by atoms with E-state index in [2.05, 4.69) is 0 Å². The Labute approximate surface area is 174 Å². The van der Waals surface area contributed by atoms with Crippen molar-refractivity contribution in [3.63, 3.8) is 0 Å². The molecule has 1 aliphatic heterocycles. The molecule has 0 radical (unpaired) electrons. The number of ether oxygens (including phenoxy) is 2. The van der Waals surface area contributed by atoms with Crippen molar-refractivity contribution in [2.24, 2.45) is 4.99 Å². The Morgan fingerprint density at radius 1 is 1.21 bits per heavy atom. The zero-order valence-electron chi connectivity index (χ0n) is 16.2. The van der Waals surface area contributed by atoms with E-state index in [4.69, 9.17) is 26.1 Å². The second-order valence-corrected chi connectivity index (χ2v) is 7.79. The van der Waals surface area contributed by atoms with Crippen LogP contribution in [-0.4, -0.2) is 42.5 Å². The van der Waals surface area contributed by atoms with E-state index in [1.54, 1.807) is 30.9 Å². The molecular formula is C21H23ClN2O3S. The highest BCUT2D eigenvalue weighted by atomic mass is 35.5. The van der Waals surface area contributed by atoms with Gasteiger partial charge in [0, 0.05) is 23.7 Å². The fourth-order valence-electron chi connectivity index (χ4n) is 3.07. The van der Waals surface area contributed by atoms with Crippen LogP contribution in [0.4, 0.5) is 5.69 Å². The number of carbonyl (C=O) groups is 1. The number of hydrogen-bond donors (Lipinski definition) is 0. The maximum absolute atomic E-state index is 12.9. The molecule has 0 spiro atoms. The molecule has 0 aliphatic carbocycles. The zero-order valence-corrected chi connectivity index (χ0v) is 17.8. The number of carbonyl (C=O) groups excluding carboxylic acids is 1. The summed E-state index contributed by atoms with van der Waals surface area (Å²) in [4.78, 5) is 19.3. The average molecular weight is 419 g/mol. The van der Waals surface area contributed by atoms with Crippen molar-refractivity contribution >= 4 is 40.1 Å². The molecule has 0 aromatic heterocycles. The van der Waals surface area contributed by atoms with Crippen LogP contribution in [0, 0.1) is 6.92 Å². The van der Waals surface area contributed by atoms with Gasteiger partial charge in [-0.3, -0.25) is 9.69 Å². The van der Waals surface area contributed by atoms with Crippen molar-refractivity contribution in [1.82, 2.24) is 4.90 Å². The van der Waals surface area contributed by atoms with E-state index in [-0.39, 0.29) is 5.91 Å². The average Bonchev–Trinajstić information content (AvgIpc) is 3.17. The maximum atomic E-state index is 12.9. The fourth-order valence-corrected chi connectivity index (χ4v) is 4.21. The summed E-state index contributed by atoms with van der Waals surface area (Å²) in [6.45, 7) is 2.60. The molecule has 2 aromatic rings. The highest BCUT2D eigenvalue weighted by Crippen LogP contribution is 2.32. The number of rotatable bonds is 6. The molecule has 1 amide bonds. The van der Waals surface area contributed by atoms with E-state index in [0.29, 0.717) is 35.9 Å². The first-order chi connectivity index (χ1) is 13.5. The molecule has 5 nitrogen and oxygen atoms in total. The van der Waals surface area contributed by atoms with Gasteiger partial charge < -0.3 is 9.47 Å². The van der Waals surface area contributed by atoms with Crippen LogP contribution in [0.25, 0.3) is 0 Å². The van der Waals surface area contributed by atoms with Crippen LogP contribution in [0.15, 0.2) is 41.4 Å². The van der Waals surface area contributed by atoms with E-state index >= 15 is 0 Å². The first-order valence-electron chi connectivity index (χ1n) is 9.02. The lowest BCUT2D eigenvalue weighted by atomic mass is 10.1. The number of methoxy groups -OCH3 is 2. The van der Waals surface area contributed by atoms with E-state index in [1.165, 1.54) is 0 Å². The van der Waals surface area contributed by atoms with Gasteiger partial charge in [0.2, 0.25) is 5.91 Å². The minimum absolute atomic E-state index is 0.0494. The normalized spacial score (nSPS) is 15.1. The molecular weight excluding hydrogens is 396 g/mol.